The molecule has 0 aliphatic carbocycles. The van der Waals surface area contributed by atoms with Crippen molar-refractivity contribution in [1.29, 1.82) is 0 Å². The summed E-state index contributed by atoms with van der Waals surface area (Å²) in [6.45, 7) is 0. The molecule has 1 aliphatic rings. The van der Waals surface area contributed by atoms with Crippen LogP contribution in [0.5, 0.6) is 0 Å². The van der Waals surface area contributed by atoms with Crippen LogP contribution in [0.15, 0.2) is 302 Å². The fourth-order valence-corrected chi connectivity index (χ4v) is 34.3. The van der Waals surface area contributed by atoms with Gasteiger partial charge in [-0.3, -0.25) is 0 Å². The normalized spacial score (nSPS) is 15.6. The van der Waals surface area contributed by atoms with Gasteiger partial charge in [0, 0.05) is 0 Å². The second kappa shape index (κ2) is 22.3. The summed E-state index contributed by atoms with van der Waals surface area (Å²) in [5, 5.41) is 6.37. The Morgan fingerprint density at radius 2 is 0.438 bits per heavy atom. The second-order valence-electron chi connectivity index (χ2n) is 17.1. The fourth-order valence-electron chi connectivity index (χ4n) is 9.03. The average molecular weight is 1150 g/mol. The highest BCUT2D eigenvalue weighted by Gasteiger charge is 2.68. The van der Waals surface area contributed by atoms with Crippen LogP contribution >= 0.6 is 0 Å². The first kappa shape index (κ1) is 50.1. The molecule has 0 bridgehead atoms. The number of benzene rings is 10. The standard InChI is InChI=1S/C48H40O7SSi4.C12H10I/c49-56(50,51)40-36-38-48(39-37-40)60(47-34-20-7-21-35-47)54-58(43-26-12-3-13-27-43,44-28-14-4-15-29-44)52-57(41-22-8-1-9-23-41,42-24-10-2-11-25-42)53-59(55-60,45-30-16-5-17-31-45)46-32-18-6-19-33-46;1-3-7-11(8-4-1)13-12-9-5-2-6-10-12/h1-39H,(H,49,50,51);1-10H/q;+1/p-1. The molecule has 73 heavy (non-hydrogen) atoms. The minimum Gasteiger partial charge on any atom is -0.744 e. The van der Waals surface area contributed by atoms with E-state index in [9.17, 15) is 13.0 Å². The smallest absolute Gasteiger partial charge is 0.390 e. The Hall–Kier alpha value is -6.45. The van der Waals surface area contributed by atoms with Gasteiger partial charge in [0.1, 0.15) is 10.1 Å². The van der Waals surface area contributed by atoms with E-state index in [1.807, 2.05) is 188 Å². The summed E-state index contributed by atoms with van der Waals surface area (Å²) in [7, 11) is -21.3. The number of rotatable bonds is 11. The van der Waals surface area contributed by atoms with E-state index in [0.717, 1.165) is 36.3 Å². The van der Waals surface area contributed by atoms with Gasteiger partial charge < -0.3 is 21.0 Å². The topological polar surface area (TPSA) is 94.1 Å². The molecule has 0 atom stereocenters. The molecule has 1 aliphatic heterocycles. The van der Waals surface area contributed by atoms with Crippen molar-refractivity contribution in [2.75, 3.05) is 0 Å². The molecule has 11 rings (SSSR count). The third-order valence-electron chi connectivity index (χ3n) is 12.4. The minimum atomic E-state index is -4.78. The van der Waals surface area contributed by atoms with E-state index in [4.69, 9.17) is 16.5 Å². The van der Waals surface area contributed by atoms with E-state index in [1.165, 1.54) is 19.3 Å². The van der Waals surface area contributed by atoms with Crippen LogP contribution in [0.1, 0.15) is 0 Å². The van der Waals surface area contributed by atoms with Crippen molar-refractivity contribution in [1.82, 2.24) is 0 Å². The van der Waals surface area contributed by atoms with Gasteiger partial charge in [-0.15, -0.1) is 0 Å². The lowest BCUT2D eigenvalue weighted by atomic mass is 10.4. The summed E-state index contributed by atoms with van der Waals surface area (Å²) in [5.74, 6) is 0. The number of hydrogen-bond donors (Lipinski definition) is 0. The van der Waals surface area contributed by atoms with E-state index in [2.05, 4.69) is 84.9 Å². The Kier molecular flexibility index (Phi) is 15.3. The molecule has 0 amide bonds. The largest absolute Gasteiger partial charge is 0.744 e. The molecule has 1 saturated heterocycles. The van der Waals surface area contributed by atoms with Crippen LogP contribution in [0.4, 0.5) is 0 Å². The quantitative estimate of drug-likeness (QED) is 0.111. The van der Waals surface area contributed by atoms with E-state index >= 15 is 0 Å². The summed E-state index contributed by atoms with van der Waals surface area (Å²) < 4.78 is 73.6. The van der Waals surface area contributed by atoms with Crippen molar-refractivity contribution >= 4 is 85.9 Å². The zero-order valence-corrected chi connectivity index (χ0v) is 46.4. The van der Waals surface area contributed by atoms with Gasteiger partial charge in [-0.25, -0.2) is 8.42 Å². The van der Waals surface area contributed by atoms with Crippen molar-refractivity contribution in [3.8, 4) is 0 Å². The van der Waals surface area contributed by atoms with Crippen LogP contribution in [-0.2, 0) is 26.6 Å². The Bertz CT molecular complexity index is 3180. The predicted octanol–water partition coefficient (Wildman–Crippen LogP) is 3.81. The summed E-state index contributed by atoms with van der Waals surface area (Å²) in [5.41, 5.74) is 0. The predicted molar refractivity (Wildman–Crippen MR) is 294 cm³/mol. The van der Waals surface area contributed by atoms with Crippen molar-refractivity contribution in [3.05, 3.63) is 304 Å². The van der Waals surface area contributed by atoms with Crippen LogP contribution < -0.4 is 62.7 Å². The lowest BCUT2D eigenvalue weighted by Crippen LogP contribution is -3.61. The van der Waals surface area contributed by atoms with E-state index in [0.29, 0.717) is 5.19 Å². The van der Waals surface area contributed by atoms with Gasteiger partial charge in [0.2, 0.25) is 0 Å². The molecule has 0 unspecified atom stereocenters. The zero-order valence-electron chi connectivity index (χ0n) is 39.4. The third-order valence-corrected chi connectivity index (χ3v) is 33.9. The van der Waals surface area contributed by atoms with Gasteiger partial charge >= 0.3 is 55.4 Å². The van der Waals surface area contributed by atoms with Crippen LogP contribution in [0.2, 0.25) is 0 Å². The molecule has 0 N–H and O–H groups in total. The Labute approximate surface area is 442 Å². The molecule has 0 aromatic heterocycles. The second-order valence-corrected chi connectivity index (χ2v) is 34.3. The zero-order chi connectivity index (χ0) is 50.0. The van der Waals surface area contributed by atoms with Crippen LogP contribution in [-0.4, -0.2) is 47.2 Å². The summed E-state index contributed by atoms with van der Waals surface area (Å²) in [4.78, 5) is -0.356. The van der Waals surface area contributed by atoms with E-state index in [-0.39, 0.29) is 26.1 Å². The first-order chi connectivity index (χ1) is 35.7. The molecule has 0 saturated carbocycles. The Morgan fingerprint density at radius 1 is 0.260 bits per heavy atom. The van der Waals surface area contributed by atoms with Crippen molar-refractivity contribution in [2.24, 2.45) is 0 Å². The van der Waals surface area contributed by atoms with Crippen LogP contribution in [0, 0.1) is 7.14 Å². The summed E-state index contributed by atoms with van der Waals surface area (Å²) in [6.07, 6.45) is 0. The van der Waals surface area contributed by atoms with Crippen LogP contribution in [0.25, 0.3) is 0 Å². The maximum absolute atomic E-state index is 12.4. The van der Waals surface area contributed by atoms with Gasteiger partial charge in [-0.2, -0.15) is 0 Å². The molecular weight excluding hydrogens is 1100 g/mol. The van der Waals surface area contributed by atoms with Crippen LogP contribution in [0.3, 0.4) is 0 Å². The molecule has 360 valence electrons. The monoisotopic (exact) mass is 1150 g/mol. The summed E-state index contributed by atoms with van der Waals surface area (Å²) in [6, 6.07) is 97.7. The number of halogens is 1. The van der Waals surface area contributed by atoms with Crippen molar-refractivity contribution < 1.29 is 50.6 Å². The third kappa shape index (κ3) is 10.7. The first-order valence-corrected chi connectivity index (χ1v) is 34.6. The van der Waals surface area contributed by atoms with E-state index < -0.39 is 44.4 Å². The lowest BCUT2D eigenvalue weighted by Gasteiger charge is -2.53. The molecule has 7 nitrogen and oxygen atoms in total. The Morgan fingerprint density at radius 3 is 0.630 bits per heavy atom. The first-order valence-electron chi connectivity index (χ1n) is 23.7. The SMILES string of the molecule is O=S(=O)([O-])c1ccc([Si]2(c3ccccc3)O[Si](c3ccccc3)(c3ccccc3)O[Si](c3ccccc3)(c3ccccc3)O[Si](c3ccccc3)(c3ccccc3)O2)cc1.c1ccc([I+]c2ccccc2)cc1. The van der Waals surface area contributed by atoms with Gasteiger partial charge in [0.05, 0.1) is 4.90 Å². The highest BCUT2D eigenvalue weighted by molar-refractivity contribution is 7.85. The lowest BCUT2D eigenvalue weighted by molar-refractivity contribution is -0.597. The Balaban J connectivity index is 0.000000407. The van der Waals surface area contributed by atoms with E-state index in [1.54, 1.807) is 12.1 Å². The van der Waals surface area contributed by atoms with Gasteiger partial charge in [-0.05, 0) is 77.9 Å². The van der Waals surface area contributed by atoms with Gasteiger partial charge in [0.15, 0.2) is 7.14 Å². The molecule has 1 fully saturated rings. The highest BCUT2D eigenvalue weighted by atomic mass is 127. The fraction of sp³-hybridized carbons (Fsp3) is 0. The molecule has 10 aromatic carbocycles. The highest BCUT2D eigenvalue weighted by Crippen LogP contribution is 2.32. The van der Waals surface area contributed by atoms with Crippen molar-refractivity contribution in [3.63, 3.8) is 0 Å². The van der Waals surface area contributed by atoms with Crippen molar-refractivity contribution in [2.45, 2.75) is 4.90 Å². The molecule has 10 aromatic rings. The molecular formula is C60H49IO7SSi4. The average Bonchev–Trinajstić information content (AvgIpc) is 3.46. The van der Waals surface area contributed by atoms with Gasteiger partial charge in [0.25, 0.3) is 0 Å². The molecule has 0 radical (unpaired) electrons. The minimum absolute atomic E-state index is 0.0287. The maximum Gasteiger partial charge on any atom is 0.390 e. The molecule has 13 heteroatoms. The van der Waals surface area contributed by atoms with Gasteiger partial charge in [-0.1, -0.05) is 261 Å². The number of hydrogen-bond acceptors (Lipinski definition) is 7. The molecule has 0 spiro atoms. The molecule has 1 heterocycles. The summed E-state index contributed by atoms with van der Waals surface area (Å²) >= 11 is 0.0287. The maximum atomic E-state index is 12.4.